The Labute approximate surface area is 129 Å². The molecule has 0 bridgehead atoms. The molecule has 3 heteroatoms. The zero-order valence-corrected chi connectivity index (χ0v) is 13.6. The molecule has 0 heterocycles. The highest BCUT2D eigenvalue weighted by Crippen LogP contribution is 2.11. The molecule has 0 aliphatic heterocycles. The smallest absolute Gasteiger partial charge is 0.170 e. The lowest BCUT2D eigenvalue weighted by molar-refractivity contribution is -0.118. The summed E-state index contributed by atoms with van der Waals surface area (Å²) in [6.45, 7) is 2.17. The summed E-state index contributed by atoms with van der Waals surface area (Å²) < 4.78 is 1.09. The van der Waals surface area contributed by atoms with Crippen LogP contribution in [0.5, 0.6) is 0 Å². The van der Waals surface area contributed by atoms with Crippen molar-refractivity contribution in [1.29, 1.82) is 0 Å². The third-order valence-corrected chi connectivity index (χ3v) is 3.80. The summed E-state index contributed by atoms with van der Waals surface area (Å²) >= 11 is 2.20. The first-order valence-corrected chi connectivity index (χ1v) is 8.02. The molecule has 0 atom stereocenters. The molecule has 0 aliphatic rings. The van der Waals surface area contributed by atoms with Gasteiger partial charge in [-0.1, -0.05) is 44.7 Å². The van der Waals surface area contributed by atoms with E-state index in [2.05, 4.69) is 29.5 Å². The van der Waals surface area contributed by atoms with Crippen molar-refractivity contribution in [2.24, 2.45) is 0 Å². The third-order valence-electron chi connectivity index (χ3n) is 3.08. The van der Waals surface area contributed by atoms with Crippen molar-refractivity contribution in [3.05, 3.63) is 33.4 Å². The van der Waals surface area contributed by atoms with Crippen LogP contribution in [0.2, 0.25) is 0 Å². The third kappa shape index (κ3) is 6.85. The van der Waals surface area contributed by atoms with Crippen LogP contribution in [0, 0.1) is 3.57 Å². The van der Waals surface area contributed by atoms with Gasteiger partial charge in [0.15, 0.2) is 5.78 Å². The van der Waals surface area contributed by atoms with Gasteiger partial charge in [-0.05, 0) is 41.1 Å². The SMILES string of the molecule is CCCCCCCC(=O)CC(=O)c1ccc(I)cc1. The van der Waals surface area contributed by atoms with Gasteiger partial charge in [-0.25, -0.2) is 0 Å². The molecule has 1 aromatic rings. The van der Waals surface area contributed by atoms with Crippen molar-refractivity contribution >= 4 is 34.2 Å². The van der Waals surface area contributed by atoms with Crippen LogP contribution in [-0.4, -0.2) is 11.6 Å². The minimum atomic E-state index is -0.0602. The van der Waals surface area contributed by atoms with Gasteiger partial charge in [0.2, 0.25) is 0 Å². The van der Waals surface area contributed by atoms with Crippen molar-refractivity contribution in [2.75, 3.05) is 0 Å². The molecule has 1 rings (SSSR count). The van der Waals surface area contributed by atoms with Crippen molar-refractivity contribution in [1.82, 2.24) is 0 Å². The van der Waals surface area contributed by atoms with E-state index in [1.54, 1.807) is 12.1 Å². The first-order valence-electron chi connectivity index (χ1n) is 6.94. The average molecular weight is 372 g/mol. The standard InChI is InChI=1S/C16H21IO2/c1-2-3-4-5-6-7-15(18)12-16(19)13-8-10-14(17)11-9-13/h8-11H,2-7,12H2,1H3. The maximum absolute atomic E-state index is 11.9. The number of Topliss-reactive ketones (excluding diaryl/α,β-unsaturated/α-hetero) is 2. The first kappa shape index (κ1) is 16.3. The van der Waals surface area contributed by atoms with E-state index in [1.807, 2.05) is 12.1 Å². The van der Waals surface area contributed by atoms with Crippen molar-refractivity contribution < 1.29 is 9.59 Å². The van der Waals surface area contributed by atoms with E-state index in [-0.39, 0.29) is 18.0 Å². The van der Waals surface area contributed by atoms with Crippen LogP contribution in [0.25, 0.3) is 0 Å². The molecule has 0 fully saturated rings. The lowest BCUT2D eigenvalue weighted by Gasteiger charge is -2.02. The molecular weight excluding hydrogens is 351 g/mol. The number of unbranched alkanes of at least 4 members (excludes halogenated alkanes) is 4. The van der Waals surface area contributed by atoms with Gasteiger partial charge in [-0.15, -0.1) is 0 Å². The van der Waals surface area contributed by atoms with Crippen LogP contribution in [0.1, 0.15) is 62.2 Å². The zero-order valence-electron chi connectivity index (χ0n) is 11.5. The second kappa shape index (κ2) is 9.23. The number of benzene rings is 1. The van der Waals surface area contributed by atoms with E-state index in [9.17, 15) is 9.59 Å². The molecule has 0 unspecified atom stereocenters. The Balaban J connectivity index is 2.28. The van der Waals surface area contributed by atoms with Gasteiger partial charge in [0.25, 0.3) is 0 Å². The van der Waals surface area contributed by atoms with Crippen LogP contribution >= 0.6 is 22.6 Å². The Morgan fingerprint density at radius 1 is 1.00 bits per heavy atom. The molecule has 0 saturated carbocycles. The minimum absolute atomic E-state index is 0.0500. The fraction of sp³-hybridized carbons (Fsp3) is 0.500. The Hall–Kier alpha value is -0.710. The van der Waals surface area contributed by atoms with Crippen LogP contribution < -0.4 is 0 Å². The fourth-order valence-corrected chi connectivity index (χ4v) is 2.29. The van der Waals surface area contributed by atoms with Gasteiger partial charge in [0.05, 0.1) is 6.42 Å². The summed E-state index contributed by atoms with van der Waals surface area (Å²) in [5, 5.41) is 0. The molecule has 0 spiro atoms. The average Bonchev–Trinajstić information content (AvgIpc) is 2.39. The molecule has 0 aliphatic carbocycles. The van der Waals surface area contributed by atoms with E-state index in [1.165, 1.54) is 19.3 Å². The van der Waals surface area contributed by atoms with Gasteiger partial charge in [0, 0.05) is 15.6 Å². The number of rotatable bonds is 9. The van der Waals surface area contributed by atoms with Crippen molar-refractivity contribution in [3.63, 3.8) is 0 Å². The van der Waals surface area contributed by atoms with Crippen LogP contribution in [0.15, 0.2) is 24.3 Å². The van der Waals surface area contributed by atoms with Gasteiger partial charge < -0.3 is 0 Å². The van der Waals surface area contributed by atoms with Crippen LogP contribution in [0.4, 0.5) is 0 Å². The number of hydrogen-bond acceptors (Lipinski definition) is 2. The summed E-state index contributed by atoms with van der Waals surface area (Å²) in [5.41, 5.74) is 0.639. The Kier molecular flexibility index (Phi) is 7.94. The molecule has 2 nitrogen and oxygen atoms in total. The molecular formula is C16H21IO2. The van der Waals surface area contributed by atoms with Crippen molar-refractivity contribution in [3.8, 4) is 0 Å². The van der Waals surface area contributed by atoms with Gasteiger partial charge in [0.1, 0.15) is 5.78 Å². The van der Waals surface area contributed by atoms with E-state index in [0.717, 1.165) is 16.4 Å². The van der Waals surface area contributed by atoms with E-state index in [4.69, 9.17) is 0 Å². The van der Waals surface area contributed by atoms with E-state index in [0.29, 0.717) is 12.0 Å². The van der Waals surface area contributed by atoms with E-state index < -0.39 is 0 Å². The lowest BCUT2D eigenvalue weighted by Crippen LogP contribution is -2.08. The summed E-state index contributed by atoms with van der Waals surface area (Å²) in [6.07, 6.45) is 6.23. The highest BCUT2D eigenvalue weighted by atomic mass is 127. The number of ketones is 2. The fourth-order valence-electron chi connectivity index (χ4n) is 1.93. The van der Waals surface area contributed by atoms with Crippen LogP contribution in [0.3, 0.4) is 0 Å². The predicted octanol–water partition coefficient (Wildman–Crippen LogP) is 4.79. The molecule has 19 heavy (non-hydrogen) atoms. The maximum atomic E-state index is 11.9. The quantitative estimate of drug-likeness (QED) is 0.270. The van der Waals surface area contributed by atoms with Gasteiger partial charge in [-0.3, -0.25) is 9.59 Å². The Bertz CT molecular complexity index is 409. The first-order chi connectivity index (χ1) is 9.13. The summed E-state index contributed by atoms with van der Waals surface area (Å²) in [5.74, 6) is 0.00927. The molecule has 0 amide bonds. The zero-order chi connectivity index (χ0) is 14.1. The topological polar surface area (TPSA) is 34.1 Å². The highest BCUT2D eigenvalue weighted by Gasteiger charge is 2.11. The lowest BCUT2D eigenvalue weighted by atomic mass is 10.0. The normalized spacial score (nSPS) is 10.4. The molecule has 0 aromatic heterocycles. The highest BCUT2D eigenvalue weighted by molar-refractivity contribution is 14.1. The number of carbonyl (C=O) groups is 2. The van der Waals surface area contributed by atoms with Crippen molar-refractivity contribution in [2.45, 2.75) is 51.9 Å². The number of carbonyl (C=O) groups excluding carboxylic acids is 2. The second-order valence-electron chi connectivity index (χ2n) is 4.81. The summed E-state index contributed by atoms with van der Waals surface area (Å²) in [4.78, 5) is 23.6. The Morgan fingerprint density at radius 2 is 1.63 bits per heavy atom. The minimum Gasteiger partial charge on any atom is -0.299 e. The predicted molar refractivity (Wildman–Crippen MR) is 86.5 cm³/mol. The van der Waals surface area contributed by atoms with Crippen LogP contribution in [-0.2, 0) is 4.79 Å². The maximum Gasteiger partial charge on any atom is 0.170 e. The molecule has 0 saturated heterocycles. The monoisotopic (exact) mass is 372 g/mol. The summed E-state index contributed by atoms with van der Waals surface area (Å²) in [7, 11) is 0. The number of hydrogen-bond donors (Lipinski definition) is 0. The molecule has 0 N–H and O–H groups in total. The number of halogens is 1. The van der Waals surface area contributed by atoms with Gasteiger partial charge in [-0.2, -0.15) is 0 Å². The summed E-state index contributed by atoms with van der Waals surface area (Å²) in [6, 6.07) is 7.36. The largest absolute Gasteiger partial charge is 0.299 e. The second-order valence-corrected chi connectivity index (χ2v) is 6.06. The van der Waals surface area contributed by atoms with E-state index >= 15 is 0 Å². The molecule has 104 valence electrons. The molecule has 1 aromatic carbocycles. The Morgan fingerprint density at radius 3 is 2.26 bits per heavy atom. The van der Waals surface area contributed by atoms with Gasteiger partial charge >= 0.3 is 0 Å². The molecule has 0 radical (unpaired) electrons.